The molecule has 0 unspecified atom stereocenters. The lowest BCUT2D eigenvalue weighted by Gasteiger charge is -2.25. The van der Waals surface area contributed by atoms with E-state index in [1.54, 1.807) is 6.07 Å². The highest BCUT2D eigenvalue weighted by Gasteiger charge is 2.20. The van der Waals surface area contributed by atoms with Gasteiger partial charge in [-0.05, 0) is 17.1 Å². The van der Waals surface area contributed by atoms with Crippen LogP contribution in [-0.2, 0) is 7.05 Å². The number of pyridine rings is 1. The van der Waals surface area contributed by atoms with Gasteiger partial charge in [0, 0.05) is 26.2 Å². The van der Waals surface area contributed by atoms with Crippen molar-refractivity contribution in [3.05, 3.63) is 28.7 Å². The number of rotatable bonds is 1. The van der Waals surface area contributed by atoms with Crippen LogP contribution in [0.3, 0.4) is 0 Å². The maximum atomic E-state index is 12.0. The van der Waals surface area contributed by atoms with Gasteiger partial charge < -0.3 is 10.2 Å². The number of nitrogens with one attached hydrogen (secondary N) is 2. The molecule has 0 saturated carbocycles. The lowest BCUT2D eigenvalue weighted by Crippen LogP contribution is -2.45. The van der Waals surface area contributed by atoms with Crippen LogP contribution in [-0.4, -0.2) is 36.1 Å². The zero-order chi connectivity index (χ0) is 12.5. The van der Waals surface area contributed by atoms with Crippen molar-refractivity contribution in [2.24, 2.45) is 7.05 Å². The van der Waals surface area contributed by atoms with E-state index in [9.17, 15) is 4.79 Å². The fourth-order valence-electron chi connectivity index (χ4n) is 2.24. The van der Waals surface area contributed by atoms with Crippen LogP contribution in [0.5, 0.6) is 0 Å². The highest BCUT2D eigenvalue weighted by Crippen LogP contribution is 2.09. The number of nitrogens with zero attached hydrogens (tertiary/aromatic N) is 3. The third-order valence-electron chi connectivity index (χ3n) is 3.25. The standard InChI is InChI=1S/C12H15N5O/c1-16-6-2-3-9-10(16)14-12(15-11(9)18)17-7-4-13-5-8-17/h2-3,6,13H,4-5,7-8H2,1H3/p+1. The van der Waals surface area contributed by atoms with Crippen molar-refractivity contribution in [1.29, 1.82) is 0 Å². The quantitative estimate of drug-likeness (QED) is 0.644. The molecule has 0 aliphatic carbocycles. The van der Waals surface area contributed by atoms with Gasteiger partial charge in [0.1, 0.15) is 5.39 Å². The first-order chi connectivity index (χ1) is 8.75. The molecular formula is C12H16N5O+. The van der Waals surface area contributed by atoms with Crippen molar-refractivity contribution >= 4 is 17.0 Å². The number of anilines is 1. The van der Waals surface area contributed by atoms with Crippen LogP contribution in [0.2, 0.25) is 0 Å². The number of piperazine rings is 1. The van der Waals surface area contributed by atoms with E-state index in [2.05, 4.69) is 20.2 Å². The Morgan fingerprint density at radius 3 is 2.94 bits per heavy atom. The minimum Gasteiger partial charge on any atom is -0.318 e. The number of aromatic nitrogens is 3. The van der Waals surface area contributed by atoms with Crippen molar-refractivity contribution in [1.82, 2.24) is 15.3 Å². The highest BCUT2D eigenvalue weighted by molar-refractivity contribution is 5.71. The molecule has 0 amide bonds. The summed E-state index contributed by atoms with van der Waals surface area (Å²) in [6.07, 6.45) is 1.90. The summed E-state index contributed by atoms with van der Waals surface area (Å²) in [5, 5.41) is 3.90. The van der Waals surface area contributed by atoms with E-state index >= 15 is 0 Å². The Balaban J connectivity index is 2.14. The van der Waals surface area contributed by atoms with E-state index in [-0.39, 0.29) is 5.56 Å². The van der Waals surface area contributed by atoms with Crippen LogP contribution in [0.25, 0.3) is 11.0 Å². The molecule has 1 fully saturated rings. The Morgan fingerprint density at radius 1 is 1.39 bits per heavy atom. The third-order valence-corrected chi connectivity index (χ3v) is 3.25. The van der Waals surface area contributed by atoms with Gasteiger partial charge in [0.25, 0.3) is 5.56 Å². The van der Waals surface area contributed by atoms with E-state index < -0.39 is 0 Å². The summed E-state index contributed by atoms with van der Waals surface area (Å²) in [5.41, 5.74) is 0.638. The van der Waals surface area contributed by atoms with Crippen LogP contribution >= 0.6 is 0 Å². The number of aryl methyl sites for hydroxylation is 1. The second-order valence-corrected chi connectivity index (χ2v) is 4.48. The molecule has 0 radical (unpaired) electrons. The minimum atomic E-state index is -0.0790. The van der Waals surface area contributed by atoms with E-state index in [1.165, 1.54) is 0 Å². The van der Waals surface area contributed by atoms with Crippen LogP contribution in [0.4, 0.5) is 5.95 Å². The Labute approximate surface area is 104 Å². The molecule has 3 heterocycles. The van der Waals surface area contributed by atoms with E-state index in [4.69, 9.17) is 0 Å². The Hall–Kier alpha value is -1.95. The number of hydrogen-bond donors (Lipinski definition) is 2. The fraction of sp³-hybridized carbons (Fsp3) is 0.417. The van der Waals surface area contributed by atoms with Crippen LogP contribution < -0.4 is 20.3 Å². The Bertz CT molecular complexity index is 630. The predicted octanol–water partition coefficient (Wildman–Crippen LogP) is -0.843. The molecule has 18 heavy (non-hydrogen) atoms. The second kappa shape index (κ2) is 4.38. The van der Waals surface area contributed by atoms with Crippen molar-refractivity contribution < 1.29 is 4.57 Å². The summed E-state index contributed by atoms with van der Waals surface area (Å²) in [6.45, 7) is 3.57. The summed E-state index contributed by atoms with van der Waals surface area (Å²) < 4.78 is 1.87. The van der Waals surface area contributed by atoms with Crippen LogP contribution in [0, 0.1) is 0 Å². The van der Waals surface area contributed by atoms with Gasteiger partial charge in [0.2, 0.25) is 0 Å². The molecule has 3 rings (SSSR count). The predicted molar refractivity (Wildman–Crippen MR) is 68.6 cm³/mol. The maximum Gasteiger partial charge on any atom is 0.340 e. The molecule has 6 heteroatoms. The molecule has 94 valence electrons. The third kappa shape index (κ3) is 1.84. The summed E-state index contributed by atoms with van der Waals surface area (Å²) in [6, 6.07) is 3.65. The molecule has 0 atom stereocenters. The molecule has 1 aliphatic heterocycles. The first-order valence-corrected chi connectivity index (χ1v) is 6.10. The average Bonchev–Trinajstić information content (AvgIpc) is 2.41. The van der Waals surface area contributed by atoms with Crippen LogP contribution in [0.1, 0.15) is 0 Å². The summed E-state index contributed by atoms with van der Waals surface area (Å²) in [5.74, 6) is 0.663. The summed E-state index contributed by atoms with van der Waals surface area (Å²) in [7, 11) is 1.90. The molecule has 6 nitrogen and oxygen atoms in total. The zero-order valence-electron chi connectivity index (χ0n) is 10.3. The van der Waals surface area contributed by atoms with Gasteiger partial charge in [-0.2, -0.15) is 0 Å². The highest BCUT2D eigenvalue weighted by atomic mass is 16.1. The van der Waals surface area contributed by atoms with Crippen molar-refractivity contribution in [3.8, 4) is 0 Å². The first kappa shape index (κ1) is 11.2. The number of fused-ring (bicyclic) bond motifs is 1. The molecule has 0 bridgehead atoms. The van der Waals surface area contributed by atoms with E-state index in [0.29, 0.717) is 11.3 Å². The SMILES string of the molecule is C[n+]1cccc2c(=O)[nH]c(N3CCNCC3)nc21. The second-order valence-electron chi connectivity index (χ2n) is 4.48. The van der Waals surface area contributed by atoms with E-state index in [1.807, 2.05) is 23.9 Å². The normalized spacial score (nSPS) is 16.2. The van der Waals surface area contributed by atoms with Crippen LogP contribution in [0.15, 0.2) is 23.1 Å². The smallest absolute Gasteiger partial charge is 0.318 e. The van der Waals surface area contributed by atoms with Crippen molar-refractivity contribution in [3.63, 3.8) is 0 Å². The average molecular weight is 246 g/mol. The monoisotopic (exact) mass is 246 g/mol. The lowest BCUT2D eigenvalue weighted by atomic mass is 10.3. The van der Waals surface area contributed by atoms with Crippen molar-refractivity contribution in [2.75, 3.05) is 31.1 Å². The molecule has 1 saturated heterocycles. The fourth-order valence-corrected chi connectivity index (χ4v) is 2.24. The molecule has 1 aliphatic rings. The lowest BCUT2D eigenvalue weighted by molar-refractivity contribution is -0.646. The molecule has 2 aromatic heterocycles. The van der Waals surface area contributed by atoms with E-state index in [0.717, 1.165) is 31.8 Å². The topological polar surface area (TPSA) is 64.9 Å². The number of hydrogen-bond acceptors (Lipinski definition) is 4. The van der Waals surface area contributed by atoms with Gasteiger partial charge >= 0.3 is 11.6 Å². The summed E-state index contributed by atoms with van der Waals surface area (Å²) in [4.78, 5) is 21.6. The van der Waals surface area contributed by atoms with Gasteiger partial charge in [-0.1, -0.05) is 0 Å². The molecule has 0 spiro atoms. The Morgan fingerprint density at radius 2 is 2.17 bits per heavy atom. The van der Waals surface area contributed by atoms with Gasteiger partial charge in [-0.25, -0.2) is 4.57 Å². The van der Waals surface area contributed by atoms with Gasteiger partial charge in [-0.15, -0.1) is 0 Å². The maximum absolute atomic E-state index is 12.0. The van der Waals surface area contributed by atoms with Crippen molar-refractivity contribution in [2.45, 2.75) is 0 Å². The molecule has 2 N–H and O–H groups in total. The van der Waals surface area contributed by atoms with Gasteiger partial charge in [0.15, 0.2) is 0 Å². The zero-order valence-corrected chi connectivity index (χ0v) is 10.3. The molecule has 2 aromatic rings. The van der Waals surface area contributed by atoms with Gasteiger partial charge in [-0.3, -0.25) is 9.78 Å². The molecule has 0 aromatic carbocycles. The van der Waals surface area contributed by atoms with Gasteiger partial charge in [0.05, 0.1) is 13.2 Å². The summed E-state index contributed by atoms with van der Waals surface area (Å²) >= 11 is 0. The first-order valence-electron chi connectivity index (χ1n) is 6.10. The number of aromatic amines is 1. The Kier molecular flexibility index (Phi) is 2.71. The number of H-pyrrole nitrogens is 1. The largest absolute Gasteiger partial charge is 0.340 e. The molecular weight excluding hydrogens is 230 g/mol. The minimum absolute atomic E-state index is 0.0790.